The SMILES string of the molecule is CCC/C=C(/N=C(Nc1ccc(C)c(Cl)c1)c1cc(Cl)ccc1C)c1cccnc1. The first-order chi connectivity index (χ1) is 14.5. The van der Waals surface area contributed by atoms with Crippen LogP contribution >= 0.6 is 23.2 Å². The van der Waals surface area contributed by atoms with E-state index in [4.69, 9.17) is 28.2 Å². The van der Waals surface area contributed by atoms with Gasteiger partial charge >= 0.3 is 0 Å². The number of unbranched alkanes of at least 4 members (excludes halogenated alkanes) is 1. The predicted molar refractivity (Wildman–Crippen MR) is 130 cm³/mol. The maximum absolute atomic E-state index is 6.35. The number of benzene rings is 2. The molecule has 5 heteroatoms. The van der Waals surface area contributed by atoms with Gasteiger partial charge in [-0.1, -0.05) is 54.8 Å². The van der Waals surface area contributed by atoms with E-state index in [1.807, 2.05) is 68.6 Å². The number of nitrogens with zero attached hydrogens (tertiary/aromatic N) is 2. The van der Waals surface area contributed by atoms with Crippen LogP contribution in [0.15, 0.2) is 72.0 Å². The van der Waals surface area contributed by atoms with Crippen molar-refractivity contribution in [2.75, 3.05) is 5.32 Å². The van der Waals surface area contributed by atoms with Gasteiger partial charge in [-0.05, 0) is 67.8 Å². The van der Waals surface area contributed by atoms with Crippen LogP contribution in [0.5, 0.6) is 0 Å². The number of aliphatic imine (C=N–C) groups is 1. The maximum Gasteiger partial charge on any atom is 0.138 e. The van der Waals surface area contributed by atoms with Crippen molar-refractivity contribution in [3.05, 3.63) is 99.3 Å². The molecule has 0 spiro atoms. The molecule has 2 aromatic carbocycles. The summed E-state index contributed by atoms with van der Waals surface area (Å²) in [7, 11) is 0. The fourth-order valence-electron chi connectivity index (χ4n) is 2.96. The van der Waals surface area contributed by atoms with Crippen LogP contribution in [-0.2, 0) is 0 Å². The van der Waals surface area contributed by atoms with Gasteiger partial charge in [0.2, 0.25) is 0 Å². The average molecular weight is 438 g/mol. The molecule has 3 rings (SSSR count). The Morgan fingerprint density at radius 3 is 2.57 bits per heavy atom. The Balaban J connectivity index is 2.13. The molecular weight excluding hydrogens is 413 g/mol. The molecule has 3 aromatic rings. The molecule has 1 N–H and O–H groups in total. The zero-order valence-electron chi connectivity index (χ0n) is 17.4. The lowest BCUT2D eigenvalue weighted by molar-refractivity contribution is 0.958. The van der Waals surface area contributed by atoms with E-state index in [1.54, 1.807) is 6.20 Å². The van der Waals surface area contributed by atoms with Crippen LogP contribution in [0.1, 0.15) is 42.0 Å². The molecule has 0 saturated carbocycles. The smallest absolute Gasteiger partial charge is 0.138 e. The first-order valence-corrected chi connectivity index (χ1v) is 10.7. The number of allylic oxidation sites excluding steroid dienone is 1. The molecule has 0 fully saturated rings. The summed E-state index contributed by atoms with van der Waals surface area (Å²) in [5.41, 5.74) is 5.73. The third-order valence-electron chi connectivity index (χ3n) is 4.71. The zero-order chi connectivity index (χ0) is 21.5. The Bertz CT molecular complexity index is 1070. The Kier molecular flexibility index (Phi) is 7.67. The second-order valence-electron chi connectivity index (χ2n) is 7.13. The summed E-state index contributed by atoms with van der Waals surface area (Å²) >= 11 is 12.7. The first kappa shape index (κ1) is 22.1. The molecule has 0 atom stereocenters. The molecule has 1 heterocycles. The van der Waals surface area contributed by atoms with Gasteiger partial charge in [0.25, 0.3) is 0 Å². The Morgan fingerprint density at radius 2 is 1.87 bits per heavy atom. The number of pyridine rings is 1. The highest BCUT2D eigenvalue weighted by molar-refractivity contribution is 6.32. The summed E-state index contributed by atoms with van der Waals surface area (Å²) in [6.07, 6.45) is 7.69. The van der Waals surface area contributed by atoms with E-state index < -0.39 is 0 Å². The lowest BCUT2D eigenvalue weighted by Gasteiger charge is -2.15. The summed E-state index contributed by atoms with van der Waals surface area (Å²) < 4.78 is 0. The number of hydrogen-bond acceptors (Lipinski definition) is 2. The summed E-state index contributed by atoms with van der Waals surface area (Å²) in [6, 6.07) is 15.6. The number of amidine groups is 1. The van der Waals surface area contributed by atoms with E-state index in [1.165, 1.54) is 0 Å². The molecule has 154 valence electrons. The number of aryl methyl sites for hydroxylation is 2. The number of halogens is 2. The molecule has 0 aliphatic rings. The number of nitrogens with one attached hydrogen (secondary N) is 1. The van der Waals surface area contributed by atoms with Gasteiger partial charge in [-0.2, -0.15) is 0 Å². The minimum absolute atomic E-state index is 0.660. The van der Waals surface area contributed by atoms with E-state index in [-0.39, 0.29) is 0 Å². The van der Waals surface area contributed by atoms with Crippen molar-refractivity contribution in [3.63, 3.8) is 0 Å². The van der Waals surface area contributed by atoms with Crippen molar-refractivity contribution in [2.45, 2.75) is 33.6 Å². The molecule has 0 unspecified atom stereocenters. The van der Waals surface area contributed by atoms with Crippen molar-refractivity contribution < 1.29 is 0 Å². The van der Waals surface area contributed by atoms with Gasteiger partial charge in [0.1, 0.15) is 5.84 Å². The number of rotatable bonds is 6. The lowest BCUT2D eigenvalue weighted by atomic mass is 10.1. The Labute approximate surface area is 188 Å². The number of anilines is 1. The molecule has 3 nitrogen and oxygen atoms in total. The van der Waals surface area contributed by atoms with E-state index in [2.05, 4.69) is 23.3 Å². The minimum Gasteiger partial charge on any atom is -0.340 e. The second-order valence-corrected chi connectivity index (χ2v) is 7.97. The predicted octanol–water partition coefficient (Wildman–Crippen LogP) is 7.71. The maximum atomic E-state index is 6.35. The number of hydrogen-bond donors (Lipinski definition) is 1. The van der Waals surface area contributed by atoms with Crippen LogP contribution in [0.4, 0.5) is 5.69 Å². The summed E-state index contributed by atoms with van der Waals surface area (Å²) in [4.78, 5) is 9.29. The fraction of sp³-hybridized carbons (Fsp3) is 0.200. The third-order valence-corrected chi connectivity index (χ3v) is 5.35. The Morgan fingerprint density at radius 1 is 1.07 bits per heavy atom. The topological polar surface area (TPSA) is 37.3 Å². The van der Waals surface area contributed by atoms with Crippen LogP contribution in [0, 0.1) is 13.8 Å². The van der Waals surface area contributed by atoms with E-state index >= 15 is 0 Å². The van der Waals surface area contributed by atoms with Gasteiger partial charge in [-0.15, -0.1) is 0 Å². The van der Waals surface area contributed by atoms with E-state index in [0.29, 0.717) is 15.9 Å². The van der Waals surface area contributed by atoms with Crippen molar-refractivity contribution in [1.82, 2.24) is 4.98 Å². The van der Waals surface area contributed by atoms with Crippen molar-refractivity contribution in [2.24, 2.45) is 4.99 Å². The van der Waals surface area contributed by atoms with Crippen molar-refractivity contribution in [3.8, 4) is 0 Å². The molecule has 1 aromatic heterocycles. The zero-order valence-corrected chi connectivity index (χ0v) is 18.9. The van der Waals surface area contributed by atoms with Crippen LogP contribution in [0.25, 0.3) is 5.70 Å². The van der Waals surface area contributed by atoms with Crippen molar-refractivity contribution in [1.29, 1.82) is 0 Å². The van der Waals surface area contributed by atoms with Gasteiger partial charge in [0.15, 0.2) is 0 Å². The molecule has 0 radical (unpaired) electrons. The first-order valence-electron chi connectivity index (χ1n) is 9.97. The van der Waals surface area contributed by atoms with Gasteiger partial charge in [-0.3, -0.25) is 4.98 Å². The molecule has 0 bridgehead atoms. The van der Waals surface area contributed by atoms with E-state index in [9.17, 15) is 0 Å². The monoisotopic (exact) mass is 437 g/mol. The van der Waals surface area contributed by atoms with Crippen LogP contribution in [-0.4, -0.2) is 10.8 Å². The van der Waals surface area contributed by atoms with Crippen LogP contribution in [0.3, 0.4) is 0 Å². The van der Waals surface area contributed by atoms with Gasteiger partial charge in [-0.25, -0.2) is 4.99 Å². The quantitative estimate of drug-likeness (QED) is 0.316. The molecule has 30 heavy (non-hydrogen) atoms. The molecule has 0 aliphatic heterocycles. The van der Waals surface area contributed by atoms with Gasteiger partial charge in [0, 0.05) is 39.3 Å². The standard InChI is InChI=1S/C25H25Cl2N3/c1-4-5-8-24(19-7-6-13-28-16-19)30-25(22-14-20(26)11-9-17(22)2)29-21-12-10-18(3)23(27)15-21/h6-16H,4-5H2,1-3H3,(H,29,30)/b24-8+. The second kappa shape index (κ2) is 10.4. The van der Waals surface area contributed by atoms with Crippen molar-refractivity contribution >= 4 is 40.4 Å². The fourth-order valence-corrected chi connectivity index (χ4v) is 3.31. The van der Waals surface area contributed by atoms with Gasteiger partial charge in [0.05, 0.1) is 5.70 Å². The Hall–Kier alpha value is -2.62. The highest BCUT2D eigenvalue weighted by atomic mass is 35.5. The number of aromatic nitrogens is 1. The molecule has 0 aliphatic carbocycles. The average Bonchev–Trinajstić information content (AvgIpc) is 2.75. The van der Waals surface area contributed by atoms with Crippen LogP contribution < -0.4 is 5.32 Å². The van der Waals surface area contributed by atoms with E-state index in [0.717, 1.165) is 46.5 Å². The molecular formula is C25H25Cl2N3. The molecule has 0 amide bonds. The molecule has 0 saturated heterocycles. The highest BCUT2D eigenvalue weighted by Crippen LogP contribution is 2.25. The largest absolute Gasteiger partial charge is 0.340 e. The summed E-state index contributed by atoms with van der Waals surface area (Å²) in [5, 5.41) is 4.82. The summed E-state index contributed by atoms with van der Waals surface area (Å²) in [6.45, 7) is 6.18. The van der Waals surface area contributed by atoms with Gasteiger partial charge < -0.3 is 5.32 Å². The normalized spacial score (nSPS) is 12.2. The minimum atomic E-state index is 0.660. The lowest BCUT2D eigenvalue weighted by Crippen LogP contribution is -2.15. The third kappa shape index (κ3) is 5.71. The highest BCUT2D eigenvalue weighted by Gasteiger charge is 2.12. The van der Waals surface area contributed by atoms with Crippen LogP contribution in [0.2, 0.25) is 10.0 Å². The summed E-state index contributed by atoms with van der Waals surface area (Å²) in [5.74, 6) is 0.709.